The van der Waals surface area contributed by atoms with E-state index in [0.29, 0.717) is 19.4 Å². The second kappa shape index (κ2) is 14.8. The number of hydrogen-bond acceptors (Lipinski definition) is 3. The van der Waals surface area contributed by atoms with Crippen molar-refractivity contribution in [3.05, 3.63) is 0 Å². The summed E-state index contributed by atoms with van der Waals surface area (Å²) in [6.07, 6.45) is 17.1. The highest BCUT2D eigenvalue weighted by Crippen LogP contribution is 2.13. The molecule has 2 rings (SSSR count). The Morgan fingerprint density at radius 1 is 0.966 bits per heavy atom. The van der Waals surface area contributed by atoms with Crippen LogP contribution >= 0.6 is 0 Å². The molecule has 168 valence electrons. The Morgan fingerprint density at radius 3 is 2.24 bits per heavy atom. The average molecular weight is 410 g/mol. The van der Waals surface area contributed by atoms with Gasteiger partial charge in [0.15, 0.2) is 6.10 Å². The van der Waals surface area contributed by atoms with Gasteiger partial charge >= 0.3 is 5.97 Å². The monoisotopic (exact) mass is 409 g/mol. The van der Waals surface area contributed by atoms with Gasteiger partial charge in [-0.05, 0) is 32.1 Å². The van der Waals surface area contributed by atoms with E-state index in [4.69, 9.17) is 4.74 Å². The van der Waals surface area contributed by atoms with Crippen molar-refractivity contribution < 1.29 is 19.2 Å². The van der Waals surface area contributed by atoms with E-state index < -0.39 is 0 Å². The quantitative estimate of drug-likeness (QED) is 0.333. The van der Waals surface area contributed by atoms with Gasteiger partial charge in [0, 0.05) is 19.4 Å². The van der Waals surface area contributed by atoms with Gasteiger partial charge in [-0.25, -0.2) is 0 Å². The Labute approximate surface area is 178 Å². The maximum Gasteiger partial charge on any atom is 0.306 e. The highest BCUT2D eigenvalue weighted by Gasteiger charge is 2.28. The highest BCUT2D eigenvalue weighted by atomic mass is 16.5. The van der Waals surface area contributed by atoms with E-state index in [-0.39, 0.29) is 18.0 Å². The van der Waals surface area contributed by atoms with Gasteiger partial charge in [0.2, 0.25) is 5.91 Å². The van der Waals surface area contributed by atoms with E-state index in [0.717, 1.165) is 32.4 Å². The van der Waals surface area contributed by atoms with Crippen LogP contribution in [-0.2, 0) is 14.3 Å². The molecule has 1 atom stereocenters. The van der Waals surface area contributed by atoms with E-state index in [1.807, 2.05) is 4.90 Å². The molecule has 1 N–H and O–H groups in total. The number of amides is 1. The number of nitrogens with one attached hydrogen (secondary N) is 1. The summed E-state index contributed by atoms with van der Waals surface area (Å²) >= 11 is 0. The van der Waals surface area contributed by atoms with Crippen LogP contribution in [0.15, 0.2) is 0 Å². The third kappa shape index (κ3) is 10.5. The molecule has 5 nitrogen and oxygen atoms in total. The molecule has 29 heavy (non-hydrogen) atoms. The zero-order valence-corrected chi connectivity index (χ0v) is 18.9. The van der Waals surface area contributed by atoms with Crippen LogP contribution in [-0.4, -0.2) is 55.6 Å². The van der Waals surface area contributed by atoms with E-state index in [9.17, 15) is 9.59 Å². The first-order valence-electron chi connectivity index (χ1n) is 12.5. The van der Waals surface area contributed by atoms with Crippen molar-refractivity contribution >= 4 is 11.9 Å². The van der Waals surface area contributed by atoms with Gasteiger partial charge in [-0.15, -0.1) is 0 Å². The summed E-state index contributed by atoms with van der Waals surface area (Å²) in [5.41, 5.74) is 0. The Kier molecular flexibility index (Phi) is 12.3. The number of rotatable bonds is 15. The lowest BCUT2D eigenvalue weighted by Crippen LogP contribution is -3.14. The van der Waals surface area contributed by atoms with Crippen molar-refractivity contribution in [2.24, 2.45) is 0 Å². The molecular weight excluding hydrogens is 364 g/mol. The number of likely N-dealkylation sites (tertiary alicyclic amines) is 2. The Balaban J connectivity index is 1.64. The smallest absolute Gasteiger partial charge is 0.306 e. The van der Waals surface area contributed by atoms with Crippen LogP contribution in [0.2, 0.25) is 0 Å². The minimum atomic E-state index is -0.142. The molecule has 0 radical (unpaired) electrons. The number of piperidine rings is 1. The fourth-order valence-electron chi connectivity index (χ4n) is 4.69. The maximum atomic E-state index is 12.4. The Bertz CT molecular complexity index is 463. The van der Waals surface area contributed by atoms with E-state index in [1.54, 1.807) is 0 Å². The van der Waals surface area contributed by atoms with Gasteiger partial charge in [-0.3, -0.25) is 9.59 Å². The van der Waals surface area contributed by atoms with Crippen molar-refractivity contribution in [2.75, 3.05) is 32.7 Å². The predicted molar refractivity (Wildman–Crippen MR) is 117 cm³/mol. The molecule has 0 bridgehead atoms. The lowest BCUT2D eigenvalue weighted by molar-refractivity contribution is -0.907. The number of ether oxygens (including phenoxy) is 1. The minimum absolute atomic E-state index is 0.0685. The number of quaternary nitrogens is 1. The second-order valence-electron chi connectivity index (χ2n) is 9.15. The lowest BCUT2D eigenvalue weighted by Gasteiger charge is -2.29. The summed E-state index contributed by atoms with van der Waals surface area (Å²) in [6.45, 7) is 6.85. The fraction of sp³-hybridized carbons (Fsp3) is 0.917. The molecule has 2 aliphatic rings. The molecule has 0 spiro atoms. The van der Waals surface area contributed by atoms with Gasteiger partial charge in [0.1, 0.15) is 6.54 Å². The number of esters is 1. The zero-order valence-electron chi connectivity index (χ0n) is 18.9. The van der Waals surface area contributed by atoms with Crippen LogP contribution in [0, 0.1) is 0 Å². The molecule has 0 aromatic rings. The molecule has 0 aliphatic carbocycles. The normalized spacial score (nSPS) is 18.9. The highest BCUT2D eigenvalue weighted by molar-refractivity contribution is 5.78. The second-order valence-corrected chi connectivity index (χ2v) is 9.15. The van der Waals surface area contributed by atoms with Crippen LogP contribution in [0.4, 0.5) is 0 Å². The van der Waals surface area contributed by atoms with Crippen LogP contribution in [0.3, 0.4) is 0 Å². The summed E-state index contributed by atoms with van der Waals surface area (Å²) in [5, 5.41) is 0. The molecule has 2 fully saturated rings. The minimum Gasteiger partial charge on any atom is -0.454 e. The SMILES string of the molecule is CCCCCCCCCCCC(=O)OC(CN1CCCC1=O)C[NH+]1CCCCC1. The fourth-order valence-corrected chi connectivity index (χ4v) is 4.69. The number of nitrogens with zero attached hydrogens (tertiary/aromatic N) is 1. The number of carbonyl (C=O) groups excluding carboxylic acids is 2. The zero-order chi connectivity index (χ0) is 20.7. The molecule has 5 heteroatoms. The molecule has 0 aromatic heterocycles. The van der Waals surface area contributed by atoms with E-state index in [1.165, 1.54) is 82.2 Å². The molecule has 2 heterocycles. The van der Waals surface area contributed by atoms with Crippen molar-refractivity contribution in [1.29, 1.82) is 0 Å². The molecule has 1 unspecified atom stereocenters. The summed E-state index contributed by atoms with van der Waals surface area (Å²) in [4.78, 5) is 27.9. The van der Waals surface area contributed by atoms with Gasteiger partial charge < -0.3 is 14.5 Å². The van der Waals surface area contributed by atoms with Crippen LogP contribution in [0.1, 0.15) is 103 Å². The topological polar surface area (TPSA) is 51.0 Å². The molecule has 1 amide bonds. The van der Waals surface area contributed by atoms with Crippen molar-refractivity contribution in [2.45, 2.75) is 109 Å². The van der Waals surface area contributed by atoms with Gasteiger partial charge in [-0.2, -0.15) is 0 Å². The average Bonchev–Trinajstić information content (AvgIpc) is 3.12. The number of hydrogen-bond donors (Lipinski definition) is 1. The van der Waals surface area contributed by atoms with E-state index >= 15 is 0 Å². The van der Waals surface area contributed by atoms with Crippen molar-refractivity contribution in [3.63, 3.8) is 0 Å². The third-order valence-corrected chi connectivity index (χ3v) is 6.45. The summed E-state index contributed by atoms with van der Waals surface area (Å²) in [6, 6.07) is 0. The van der Waals surface area contributed by atoms with Crippen LogP contribution < -0.4 is 4.90 Å². The first kappa shape index (κ1) is 24.2. The molecular formula is C24H45N2O3+. The number of unbranched alkanes of at least 4 members (excludes halogenated alkanes) is 8. The molecule has 0 aromatic carbocycles. The van der Waals surface area contributed by atoms with Crippen LogP contribution in [0.25, 0.3) is 0 Å². The molecule has 2 aliphatic heterocycles. The maximum absolute atomic E-state index is 12.4. The summed E-state index contributed by atoms with van der Waals surface area (Å²) in [7, 11) is 0. The van der Waals surface area contributed by atoms with Crippen molar-refractivity contribution in [1.82, 2.24) is 4.90 Å². The first-order valence-corrected chi connectivity index (χ1v) is 12.5. The van der Waals surface area contributed by atoms with E-state index in [2.05, 4.69) is 6.92 Å². The largest absolute Gasteiger partial charge is 0.454 e. The number of carbonyl (C=O) groups is 2. The molecule has 0 saturated carbocycles. The van der Waals surface area contributed by atoms with Crippen LogP contribution in [0.5, 0.6) is 0 Å². The Morgan fingerprint density at radius 2 is 1.62 bits per heavy atom. The lowest BCUT2D eigenvalue weighted by atomic mass is 10.1. The standard InChI is InChI=1S/C24H44N2O3/c1-2-3-4-5-6-7-8-9-11-16-24(28)29-22(20-25-17-12-10-13-18-25)21-26-19-14-15-23(26)27/h22H,2-21H2,1H3/p+1. The van der Waals surface area contributed by atoms with Gasteiger partial charge in [0.25, 0.3) is 0 Å². The summed E-state index contributed by atoms with van der Waals surface area (Å²) in [5.74, 6) is 0.152. The first-order chi connectivity index (χ1) is 14.2. The van der Waals surface area contributed by atoms with Gasteiger partial charge in [0.05, 0.1) is 19.6 Å². The third-order valence-electron chi connectivity index (χ3n) is 6.45. The van der Waals surface area contributed by atoms with Crippen molar-refractivity contribution in [3.8, 4) is 0 Å². The van der Waals surface area contributed by atoms with Gasteiger partial charge in [-0.1, -0.05) is 58.3 Å². The molecule has 2 saturated heterocycles. The predicted octanol–water partition coefficient (Wildman–Crippen LogP) is 3.51. The Hall–Kier alpha value is -1.10. The summed E-state index contributed by atoms with van der Waals surface area (Å²) < 4.78 is 5.88.